The number of nitrogens with one attached hydrogen (secondary N) is 1. The van der Waals surface area contributed by atoms with Gasteiger partial charge in [0.25, 0.3) is 0 Å². The first kappa shape index (κ1) is 13.4. The highest BCUT2D eigenvalue weighted by atomic mass is 32.1. The molecule has 1 aromatic carbocycles. The first-order valence-corrected chi connectivity index (χ1v) is 6.95. The number of benzene rings is 1. The molecule has 1 saturated carbocycles. The topological polar surface area (TPSA) is 42.0 Å². The van der Waals surface area contributed by atoms with Gasteiger partial charge in [-0.25, -0.2) is 4.98 Å². The Balaban J connectivity index is 1.92. The minimum atomic E-state index is -4.44. The van der Waals surface area contributed by atoms with Gasteiger partial charge in [0.2, 0.25) is 5.91 Å². The molecule has 1 aliphatic carbocycles. The number of hydrogen-bond donors (Lipinski definition) is 1. The van der Waals surface area contributed by atoms with E-state index in [1.54, 1.807) is 6.07 Å². The normalized spacial score (nSPS) is 22.0. The van der Waals surface area contributed by atoms with Gasteiger partial charge in [-0.2, -0.15) is 13.2 Å². The molecule has 1 aliphatic rings. The Kier molecular flexibility index (Phi) is 2.97. The predicted molar refractivity (Wildman–Crippen MR) is 70.5 cm³/mol. The highest BCUT2D eigenvalue weighted by Crippen LogP contribution is 2.40. The Labute approximate surface area is 116 Å². The molecular formula is C13H11F3N2OS. The van der Waals surface area contributed by atoms with E-state index >= 15 is 0 Å². The lowest BCUT2D eigenvalue weighted by Crippen LogP contribution is -2.14. The Morgan fingerprint density at radius 3 is 2.75 bits per heavy atom. The van der Waals surface area contributed by atoms with Crippen molar-refractivity contribution in [1.29, 1.82) is 0 Å². The monoisotopic (exact) mass is 300 g/mol. The third-order valence-electron chi connectivity index (χ3n) is 3.40. The molecule has 0 bridgehead atoms. The molecule has 2 aromatic rings. The van der Waals surface area contributed by atoms with Crippen LogP contribution in [0.3, 0.4) is 0 Å². The van der Waals surface area contributed by atoms with Crippen molar-refractivity contribution in [1.82, 2.24) is 4.98 Å². The molecule has 0 saturated heterocycles. The lowest BCUT2D eigenvalue weighted by atomic mass is 10.2. The average Bonchev–Trinajstić information content (AvgIpc) is 2.94. The van der Waals surface area contributed by atoms with Crippen LogP contribution < -0.4 is 5.32 Å². The minimum absolute atomic E-state index is 0.0379. The third kappa shape index (κ3) is 2.37. The highest BCUT2D eigenvalue weighted by molar-refractivity contribution is 7.22. The molecule has 0 radical (unpaired) electrons. The number of hydrogen-bond acceptors (Lipinski definition) is 3. The van der Waals surface area contributed by atoms with E-state index in [0.29, 0.717) is 10.6 Å². The van der Waals surface area contributed by atoms with Crippen molar-refractivity contribution in [2.24, 2.45) is 11.8 Å². The van der Waals surface area contributed by atoms with Crippen LogP contribution in [0.5, 0.6) is 0 Å². The zero-order chi connectivity index (χ0) is 14.5. The zero-order valence-corrected chi connectivity index (χ0v) is 11.3. The number of thiazole rings is 1. The standard InChI is InChI=1S/C13H11F3N2OS/c1-6-5-7(6)11(19)18-12-17-10-8(13(14,15)16)3-2-4-9(10)20-12/h2-4,6-7H,5H2,1H3,(H,17,18,19). The SMILES string of the molecule is CC1CC1C(=O)Nc1nc2c(C(F)(F)F)cccc2s1. The van der Waals surface area contributed by atoms with Crippen LogP contribution in [0.4, 0.5) is 18.3 Å². The van der Waals surface area contributed by atoms with E-state index in [9.17, 15) is 18.0 Å². The summed E-state index contributed by atoms with van der Waals surface area (Å²) in [6.07, 6.45) is -3.62. The lowest BCUT2D eigenvalue weighted by molar-refractivity contribution is -0.136. The van der Waals surface area contributed by atoms with Crippen molar-refractivity contribution in [3.63, 3.8) is 0 Å². The Hall–Kier alpha value is -1.63. The van der Waals surface area contributed by atoms with Crippen molar-refractivity contribution in [3.05, 3.63) is 23.8 Å². The number of amides is 1. The van der Waals surface area contributed by atoms with Gasteiger partial charge in [0.1, 0.15) is 0 Å². The molecular weight excluding hydrogens is 289 g/mol. The van der Waals surface area contributed by atoms with E-state index in [-0.39, 0.29) is 22.5 Å². The number of aromatic nitrogens is 1. The molecule has 2 unspecified atom stereocenters. The van der Waals surface area contributed by atoms with Crippen molar-refractivity contribution >= 4 is 32.6 Å². The van der Waals surface area contributed by atoms with Crippen LogP contribution in [0.25, 0.3) is 10.2 Å². The molecule has 1 aromatic heterocycles. The van der Waals surface area contributed by atoms with Crippen LogP contribution in [0.15, 0.2) is 18.2 Å². The van der Waals surface area contributed by atoms with Gasteiger partial charge in [-0.05, 0) is 24.5 Å². The molecule has 1 heterocycles. The van der Waals surface area contributed by atoms with Crippen molar-refractivity contribution in [2.45, 2.75) is 19.5 Å². The predicted octanol–water partition coefficient (Wildman–Crippen LogP) is 3.91. The maximum Gasteiger partial charge on any atom is 0.418 e. The Morgan fingerprint density at radius 2 is 2.15 bits per heavy atom. The highest BCUT2D eigenvalue weighted by Gasteiger charge is 2.39. The summed E-state index contributed by atoms with van der Waals surface area (Å²) in [5, 5.41) is 2.83. The molecule has 3 nitrogen and oxygen atoms in total. The van der Waals surface area contributed by atoms with Crippen LogP contribution in [-0.2, 0) is 11.0 Å². The summed E-state index contributed by atoms with van der Waals surface area (Å²) in [5.74, 6) is 0.143. The van der Waals surface area contributed by atoms with E-state index < -0.39 is 11.7 Å². The summed E-state index contributed by atoms with van der Waals surface area (Å²) in [5.41, 5.74) is -0.879. The van der Waals surface area contributed by atoms with E-state index in [4.69, 9.17) is 0 Å². The summed E-state index contributed by atoms with van der Waals surface area (Å²) in [6, 6.07) is 3.91. The Morgan fingerprint density at radius 1 is 1.45 bits per heavy atom. The molecule has 1 fully saturated rings. The van der Waals surface area contributed by atoms with E-state index in [1.165, 1.54) is 6.07 Å². The van der Waals surface area contributed by atoms with E-state index in [2.05, 4.69) is 10.3 Å². The lowest BCUT2D eigenvalue weighted by Gasteiger charge is -2.06. The van der Waals surface area contributed by atoms with E-state index in [0.717, 1.165) is 23.8 Å². The van der Waals surface area contributed by atoms with Gasteiger partial charge in [-0.3, -0.25) is 4.79 Å². The molecule has 1 amide bonds. The second kappa shape index (κ2) is 4.44. The van der Waals surface area contributed by atoms with Gasteiger partial charge in [0.05, 0.1) is 15.8 Å². The van der Waals surface area contributed by atoms with Gasteiger partial charge >= 0.3 is 6.18 Å². The van der Waals surface area contributed by atoms with Crippen molar-refractivity contribution in [3.8, 4) is 0 Å². The van der Waals surface area contributed by atoms with Gasteiger partial charge in [-0.1, -0.05) is 24.3 Å². The van der Waals surface area contributed by atoms with Crippen molar-refractivity contribution < 1.29 is 18.0 Å². The van der Waals surface area contributed by atoms with Gasteiger partial charge in [0.15, 0.2) is 5.13 Å². The first-order valence-electron chi connectivity index (χ1n) is 6.14. The zero-order valence-electron chi connectivity index (χ0n) is 10.5. The van der Waals surface area contributed by atoms with Gasteiger partial charge in [0, 0.05) is 5.92 Å². The molecule has 0 spiro atoms. The number of carbonyl (C=O) groups excluding carboxylic acids is 1. The van der Waals surface area contributed by atoms with Crippen LogP contribution >= 0.6 is 11.3 Å². The number of fused-ring (bicyclic) bond motifs is 1. The number of anilines is 1. The van der Waals surface area contributed by atoms with Gasteiger partial charge in [-0.15, -0.1) is 0 Å². The maximum absolute atomic E-state index is 12.9. The van der Waals surface area contributed by atoms with Gasteiger partial charge < -0.3 is 5.32 Å². The fraction of sp³-hybridized carbons (Fsp3) is 0.385. The van der Waals surface area contributed by atoms with Crippen molar-refractivity contribution in [2.75, 3.05) is 5.32 Å². The second-order valence-electron chi connectivity index (χ2n) is 4.98. The quantitative estimate of drug-likeness (QED) is 0.913. The smallest absolute Gasteiger partial charge is 0.302 e. The summed E-state index contributed by atoms with van der Waals surface area (Å²) in [7, 11) is 0. The molecule has 20 heavy (non-hydrogen) atoms. The number of alkyl halides is 3. The van der Waals surface area contributed by atoms with Crippen LogP contribution in [0.2, 0.25) is 0 Å². The fourth-order valence-corrected chi connectivity index (χ4v) is 3.01. The van der Waals surface area contributed by atoms with Crippen LogP contribution in [-0.4, -0.2) is 10.9 Å². The Bertz CT molecular complexity index is 680. The summed E-state index contributed by atoms with van der Waals surface area (Å²) >= 11 is 1.06. The maximum atomic E-state index is 12.9. The number of nitrogens with zero attached hydrogens (tertiary/aromatic N) is 1. The summed E-state index contributed by atoms with van der Waals surface area (Å²) in [4.78, 5) is 15.7. The second-order valence-corrected chi connectivity index (χ2v) is 6.01. The molecule has 0 aliphatic heterocycles. The number of carbonyl (C=O) groups is 1. The fourth-order valence-electron chi connectivity index (χ4n) is 2.12. The average molecular weight is 300 g/mol. The molecule has 3 rings (SSSR count). The molecule has 1 N–H and O–H groups in total. The third-order valence-corrected chi connectivity index (χ3v) is 4.34. The first-order chi connectivity index (χ1) is 9.36. The molecule has 7 heteroatoms. The number of halogens is 3. The minimum Gasteiger partial charge on any atom is -0.302 e. The van der Waals surface area contributed by atoms with Crippen LogP contribution in [0, 0.1) is 11.8 Å². The molecule has 106 valence electrons. The summed E-state index contributed by atoms with van der Waals surface area (Å²) in [6.45, 7) is 1.96. The number of rotatable bonds is 2. The van der Waals surface area contributed by atoms with Crippen LogP contribution in [0.1, 0.15) is 18.9 Å². The number of para-hydroxylation sites is 1. The largest absolute Gasteiger partial charge is 0.418 e. The van der Waals surface area contributed by atoms with E-state index in [1.807, 2.05) is 6.92 Å². The molecule has 2 atom stereocenters. The summed E-state index contributed by atoms with van der Waals surface area (Å²) < 4.78 is 39.0.